The van der Waals surface area contributed by atoms with Crippen molar-refractivity contribution in [1.29, 1.82) is 0 Å². The Balaban J connectivity index is 1.61. The number of amides is 1. The zero-order chi connectivity index (χ0) is 13.9. The van der Waals surface area contributed by atoms with E-state index in [1.165, 1.54) is 11.1 Å². The van der Waals surface area contributed by atoms with Gasteiger partial charge in [-0.15, -0.1) is 0 Å². The molecule has 3 rings (SSSR count). The molecule has 1 saturated heterocycles. The first-order valence-electron chi connectivity index (χ1n) is 7.58. The summed E-state index contributed by atoms with van der Waals surface area (Å²) in [5, 5.41) is 0. The Hall–Kier alpha value is -1.39. The molecule has 108 valence electrons. The minimum Gasteiger partial charge on any atom is -0.341 e. The van der Waals surface area contributed by atoms with Crippen molar-refractivity contribution < 1.29 is 4.79 Å². The van der Waals surface area contributed by atoms with Gasteiger partial charge in [-0.3, -0.25) is 4.79 Å². The van der Waals surface area contributed by atoms with Crippen LogP contribution in [-0.4, -0.2) is 55.0 Å². The summed E-state index contributed by atoms with van der Waals surface area (Å²) in [6.45, 7) is 5.38. The Labute approximate surface area is 120 Å². The minimum absolute atomic E-state index is 0.104. The highest BCUT2D eigenvalue weighted by atomic mass is 16.2. The standard InChI is InChI=1S/C16H23N3O/c17-6-9-18-7-3-8-19(11-10-18)16(20)15-12-13-4-1-2-5-14(13)15/h1-2,4-5,15H,3,6-12,17H2. The Morgan fingerprint density at radius 2 is 2.05 bits per heavy atom. The van der Waals surface area contributed by atoms with Crippen molar-refractivity contribution in [3.05, 3.63) is 35.4 Å². The van der Waals surface area contributed by atoms with E-state index in [4.69, 9.17) is 5.73 Å². The van der Waals surface area contributed by atoms with Gasteiger partial charge < -0.3 is 15.5 Å². The molecule has 20 heavy (non-hydrogen) atoms. The Bertz CT molecular complexity index is 488. The second kappa shape index (κ2) is 5.94. The number of nitrogens with zero attached hydrogens (tertiary/aromatic N) is 2. The van der Waals surface area contributed by atoms with Gasteiger partial charge in [0.25, 0.3) is 0 Å². The van der Waals surface area contributed by atoms with Crippen LogP contribution < -0.4 is 5.73 Å². The number of benzene rings is 1. The number of nitrogens with two attached hydrogens (primary N) is 1. The van der Waals surface area contributed by atoms with Gasteiger partial charge in [-0.25, -0.2) is 0 Å². The molecule has 4 nitrogen and oxygen atoms in total. The van der Waals surface area contributed by atoms with Crippen LogP contribution in [0.15, 0.2) is 24.3 Å². The normalized spacial score (nSPS) is 22.9. The molecular weight excluding hydrogens is 250 g/mol. The predicted molar refractivity (Wildman–Crippen MR) is 79.6 cm³/mol. The molecule has 1 aliphatic heterocycles. The van der Waals surface area contributed by atoms with E-state index in [-0.39, 0.29) is 5.92 Å². The van der Waals surface area contributed by atoms with Crippen LogP contribution in [0, 0.1) is 0 Å². The minimum atomic E-state index is 0.104. The lowest BCUT2D eigenvalue weighted by Crippen LogP contribution is -2.41. The van der Waals surface area contributed by atoms with E-state index in [9.17, 15) is 4.79 Å². The summed E-state index contributed by atoms with van der Waals surface area (Å²) in [5.41, 5.74) is 8.19. The van der Waals surface area contributed by atoms with E-state index in [2.05, 4.69) is 28.0 Å². The average molecular weight is 273 g/mol. The fraction of sp³-hybridized carbons (Fsp3) is 0.562. The molecule has 1 fully saturated rings. The van der Waals surface area contributed by atoms with E-state index in [1.54, 1.807) is 0 Å². The first-order chi connectivity index (χ1) is 9.79. The second-order valence-electron chi connectivity index (χ2n) is 5.76. The zero-order valence-electron chi connectivity index (χ0n) is 11.9. The van der Waals surface area contributed by atoms with Crippen molar-refractivity contribution in [2.24, 2.45) is 5.73 Å². The Morgan fingerprint density at radius 3 is 2.85 bits per heavy atom. The van der Waals surface area contributed by atoms with Crippen LogP contribution in [0.5, 0.6) is 0 Å². The Kier molecular flexibility index (Phi) is 4.03. The maximum absolute atomic E-state index is 12.6. The van der Waals surface area contributed by atoms with Gasteiger partial charge in [0, 0.05) is 32.7 Å². The molecule has 0 bridgehead atoms. The van der Waals surface area contributed by atoms with E-state index in [1.807, 2.05) is 6.07 Å². The van der Waals surface area contributed by atoms with Gasteiger partial charge >= 0.3 is 0 Å². The summed E-state index contributed by atoms with van der Waals surface area (Å²) in [5.74, 6) is 0.422. The topological polar surface area (TPSA) is 49.6 Å². The molecule has 0 saturated carbocycles. The van der Waals surface area contributed by atoms with Crippen LogP contribution in [0.1, 0.15) is 23.5 Å². The van der Waals surface area contributed by atoms with Crippen LogP contribution >= 0.6 is 0 Å². The molecule has 4 heteroatoms. The smallest absolute Gasteiger partial charge is 0.230 e. The fourth-order valence-corrected chi connectivity index (χ4v) is 3.30. The van der Waals surface area contributed by atoms with Crippen LogP contribution in [-0.2, 0) is 11.2 Å². The van der Waals surface area contributed by atoms with Crippen LogP contribution in [0.4, 0.5) is 0 Å². The van der Waals surface area contributed by atoms with Gasteiger partial charge in [-0.2, -0.15) is 0 Å². The van der Waals surface area contributed by atoms with Crippen molar-refractivity contribution in [2.45, 2.75) is 18.8 Å². The van der Waals surface area contributed by atoms with E-state index < -0.39 is 0 Å². The van der Waals surface area contributed by atoms with Gasteiger partial charge in [0.15, 0.2) is 0 Å². The summed E-state index contributed by atoms with van der Waals surface area (Å²) in [6, 6.07) is 8.31. The molecule has 0 spiro atoms. The molecule has 1 atom stereocenters. The summed E-state index contributed by atoms with van der Waals surface area (Å²) in [6.07, 6.45) is 1.97. The van der Waals surface area contributed by atoms with E-state index >= 15 is 0 Å². The van der Waals surface area contributed by atoms with Gasteiger partial charge in [0.2, 0.25) is 5.91 Å². The summed E-state index contributed by atoms with van der Waals surface area (Å²) in [4.78, 5) is 17.1. The van der Waals surface area contributed by atoms with Crippen molar-refractivity contribution in [1.82, 2.24) is 9.80 Å². The van der Waals surface area contributed by atoms with Crippen LogP contribution in [0.2, 0.25) is 0 Å². The first kappa shape index (κ1) is 13.6. The van der Waals surface area contributed by atoms with Gasteiger partial charge in [0.1, 0.15) is 0 Å². The number of hydrogen-bond acceptors (Lipinski definition) is 3. The maximum Gasteiger partial charge on any atom is 0.230 e. The summed E-state index contributed by atoms with van der Waals surface area (Å²) >= 11 is 0. The molecule has 2 N–H and O–H groups in total. The molecule has 1 aromatic carbocycles. The molecule has 1 heterocycles. The van der Waals surface area contributed by atoms with E-state index in [0.29, 0.717) is 12.5 Å². The zero-order valence-corrected chi connectivity index (χ0v) is 11.9. The van der Waals surface area contributed by atoms with Crippen LogP contribution in [0.25, 0.3) is 0 Å². The summed E-state index contributed by atoms with van der Waals surface area (Å²) < 4.78 is 0. The number of carbonyl (C=O) groups excluding carboxylic acids is 1. The van der Waals surface area contributed by atoms with Gasteiger partial charge in [0.05, 0.1) is 5.92 Å². The third kappa shape index (κ3) is 2.58. The number of carbonyl (C=O) groups is 1. The third-order valence-corrected chi connectivity index (χ3v) is 4.50. The van der Waals surface area contributed by atoms with Crippen LogP contribution in [0.3, 0.4) is 0 Å². The van der Waals surface area contributed by atoms with Gasteiger partial charge in [-0.05, 0) is 30.5 Å². The van der Waals surface area contributed by atoms with Crippen molar-refractivity contribution in [2.75, 3.05) is 39.3 Å². The maximum atomic E-state index is 12.6. The highest BCUT2D eigenvalue weighted by Crippen LogP contribution is 2.36. The quantitative estimate of drug-likeness (QED) is 0.887. The number of hydrogen-bond donors (Lipinski definition) is 1. The predicted octanol–water partition coefficient (Wildman–Crippen LogP) is 0.819. The van der Waals surface area contributed by atoms with E-state index in [0.717, 1.165) is 45.6 Å². The highest BCUT2D eigenvalue weighted by molar-refractivity contribution is 5.87. The highest BCUT2D eigenvalue weighted by Gasteiger charge is 2.34. The molecule has 1 aromatic rings. The largest absolute Gasteiger partial charge is 0.341 e. The average Bonchev–Trinajstić information content (AvgIpc) is 2.66. The molecule has 2 aliphatic rings. The molecule has 0 radical (unpaired) electrons. The first-order valence-corrected chi connectivity index (χ1v) is 7.58. The molecular formula is C16H23N3O. The lowest BCUT2D eigenvalue weighted by molar-refractivity contribution is -0.133. The molecule has 0 aromatic heterocycles. The fourth-order valence-electron chi connectivity index (χ4n) is 3.30. The van der Waals surface area contributed by atoms with Crippen molar-refractivity contribution in [3.63, 3.8) is 0 Å². The van der Waals surface area contributed by atoms with Crippen molar-refractivity contribution >= 4 is 5.91 Å². The monoisotopic (exact) mass is 273 g/mol. The third-order valence-electron chi connectivity index (χ3n) is 4.50. The Morgan fingerprint density at radius 1 is 1.20 bits per heavy atom. The lowest BCUT2D eigenvalue weighted by atomic mass is 9.77. The summed E-state index contributed by atoms with van der Waals surface area (Å²) in [7, 11) is 0. The molecule has 1 amide bonds. The van der Waals surface area contributed by atoms with Crippen molar-refractivity contribution in [3.8, 4) is 0 Å². The molecule has 1 unspecified atom stereocenters. The number of rotatable bonds is 3. The molecule has 1 aliphatic carbocycles. The van der Waals surface area contributed by atoms with Gasteiger partial charge in [-0.1, -0.05) is 24.3 Å². The number of fused-ring (bicyclic) bond motifs is 1. The second-order valence-corrected chi connectivity index (χ2v) is 5.76. The SMILES string of the molecule is NCCN1CCCN(C(=O)C2Cc3ccccc32)CC1. The lowest BCUT2D eigenvalue weighted by Gasteiger charge is -2.33.